The number of carbonyl (C=O) groups is 2. The van der Waals surface area contributed by atoms with Crippen molar-refractivity contribution in [3.8, 4) is 11.5 Å². The van der Waals surface area contributed by atoms with Gasteiger partial charge in [-0.1, -0.05) is 24.3 Å². The van der Waals surface area contributed by atoms with Gasteiger partial charge in [-0.15, -0.1) is 0 Å². The third kappa shape index (κ3) is 4.97. The summed E-state index contributed by atoms with van der Waals surface area (Å²) in [5, 5.41) is 0. The van der Waals surface area contributed by atoms with Crippen LogP contribution in [0.3, 0.4) is 0 Å². The van der Waals surface area contributed by atoms with Gasteiger partial charge in [0.1, 0.15) is 11.5 Å². The van der Waals surface area contributed by atoms with Gasteiger partial charge in [0.25, 0.3) is 5.91 Å². The smallest absolute Gasteiger partial charge is 0.338 e. The first-order valence-corrected chi connectivity index (χ1v) is 7.72. The maximum absolute atomic E-state index is 12.2. The summed E-state index contributed by atoms with van der Waals surface area (Å²) in [4.78, 5) is 25.7. The van der Waals surface area contributed by atoms with Crippen molar-refractivity contribution in [2.75, 3.05) is 27.9 Å². The number of rotatable bonds is 7. The molecule has 2 aromatic rings. The summed E-state index contributed by atoms with van der Waals surface area (Å²) in [6, 6.07) is 14.0. The number of carbonyl (C=O) groups excluding carboxylic acids is 2. The van der Waals surface area contributed by atoms with Crippen molar-refractivity contribution >= 4 is 11.9 Å². The van der Waals surface area contributed by atoms with Crippen LogP contribution < -0.4 is 9.47 Å². The molecule has 0 radical (unpaired) electrons. The Labute approximate surface area is 146 Å². The van der Waals surface area contributed by atoms with Crippen LogP contribution in [-0.2, 0) is 16.1 Å². The summed E-state index contributed by atoms with van der Waals surface area (Å²) in [6.07, 6.45) is 0. The van der Waals surface area contributed by atoms with Crippen LogP contribution in [0.5, 0.6) is 11.5 Å². The second-order valence-electron chi connectivity index (χ2n) is 5.37. The van der Waals surface area contributed by atoms with Crippen LogP contribution in [0.2, 0.25) is 0 Å². The molecule has 0 aliphatic heterocycles. The standard InChI is InChI=1S/C19H21NO5/c1-20(12-15-7-4-5-10-17(15)24-3)18(21)13-25-19(22)14-8-6-9-16(11-14)23-2/h4-11H,12-13H2,1-3H3. The van der Waals surface area contributed by atoms with Crippen molar-refractivity contribution in [1.82, 2.24) is 4.90 Å². The van der Waals surface area contributed by atoms with E-state index in [1.807, 2.05) is 24.3 Å². The van der Waals surface area contributed by atoms with Crippen LogP contribution in [0, 0.1) is 0 Å². The highest BCUT2D eigenvalue weighted by molar-refractivity contribution is 5.91. The number of nitrogens with zero attached hydrogens (tertiary/aromatic N) is 1. The molecule has 2 aromatic carbocycles. The molecule has 0 spiro atoms. The quantitative estimate of drug-likeness (QED) is 0.723. The zero-order chi connectivity index (χ0) is 18.2. The van der Waals surface area contributed by atoms with E-state index in [0.29, 0.717) is 23.6 Å². The van der Waals surface area contributed by atoms with Gasteiger partial charge in [-0.05, 0) is 24.3 Å². The number of likely N-dealkylation sites (N-methyl/N-ethyl adjacent to an activating group) is 1. The van der Waals surface area contributed by atoms with Crippen LogP contribution >= 0.6 is 0 Å². The summed E-state index contributed by atoms with van der Waals surface area (Å²) in [6.45, 7) is 0.0290. The third-order valence-electron chi connectivity index (χ3n) is 3.66. The van der Waals surface area contributed by atoms with Crippen LogP contribution in [0.4, 0.5) is 0 Å². The molecule has 0 saturated heterocycles. The molecule has 0 bridgehead atoms. The summed E-state index contributed by atoms with van der Waals surface area (Å²) < 4.78 is 15.4. The fourth-order valence-corrected chi connectivity index (χ4v) is 2.25. The molecule has 0 heterocycles. The van der Waals surface area contributed by atoms with E-state index >= 15 is 0 Å². The lowest BCUT2D eigenvalue weighted by Gasteiger charge is -2.18. The number of ether oxygens (including phenoxy) is 3. The Morgan fingerprint density at radius 3 is 2.48 bits per heavy atom. The maximum atomic E-state index is 12.2. The molecule has 0 fully saturated rings. The van der Waals surface area contributed by atoms with E-state index in [2.05, 4.69) is 0 Å². The monoisotopic (exact) mass is 343 g/mol. The first-order chi connectivity index (χ1) is 12.0. The molecule has 0 N–H and O–H groups in total. The van der Waals surface area contributed by atoms with Gasteiger partial charge in [-0.25, -0.2) is 4.79 Å². The second-order valence-corrected chi connectivity index (χ2v) is 5.37. The van der Waals surface area contributed by atoms with E-state index in [1.165, 1.54) is 12.0 Å². The molecular weight excluding hydrogens is 322 g/mol. The average molecular weight is 343 g/mol. The zero-order valence-electron chi connectivity index (χ0n) is 14.5. The van der Waals surface area contributed by atoms with Gasteiger partial charge in [0.2, 0.25) is 0 Å². The van der Waals surface area contributed by atoms with Crippen molar-refractivity contribution in [2.45, 2.75) is 6.54 Å². The first-order valence-electron chi connectivity index (χ1n) is 7.72. The van der Waals surface area contributed by atoms with E-state index in [9.17, 15) is 9.59 Å². The summed E-state index contributed by atoms with van der Waals surface area (Å²) >= 11 is 0. The van der Waals surface area contributed by atoms with Gasteiger partial charge >= 0.3 is 5.97 Å². The molecule has 2 rings (SSSR count). The summed E-state index contributed by atoms with van der Waals surface area (Å²) in [7, 11) is 4.74. The molecule has 1 amide bonds. The molecule has 0 aromatic heterocycles. The predicted octanol–water partition coefficient (Wildman–Crippen LogP) is 2.52. The highest BCUT2D eigenvalue weighted by Crippen LogP contribution is 2.19. The number of methoxy groups -OCH3 is 2. The Balaban J connectivity index is 1.91. The van der Waals surface area contributed by atoms with Crippen molar-refractivity contribution in [3.05, 3.63) is 59.7 Å². The lowest BCUT2D eigenvalue weighted by Crippen LogP contribution is -2.31. The Kier molecular flexibility index (Phi) is 6.39. The van der Waals surface area contributed by atoms with Gasteiger partial charge in [0, 0.05) is 19.2 Å². The zero-order valence-corrected chi connectivity index (χ0v) is 14.5. The molecule has 0 aliphatic carbocycles. The number of hydrogen-bond donors (Lipinski definition) is 0. The van der Waals surface area contributed by atoms with E-state index in [4.69, 9.17) is 14.2 Å². The molecule has 0 unspecified atom stereocenters. The van der Waals surface area contributed by atoms with Gasteiger partial charge in [0.15, 0.2) is 6.61 Å². The van der Waals surface area contributed by atoms with Crippen LogP contribution in [0.15, 0.2) is 48.5 Å². The second kappa shape index (κ2) is 8.73. The fraction of sp³-hybridized carbons (Fsp3) is 0.263. The SMILES string of the molecule is COc1cccc(C(=O)OCC(=O)N(C)Cc2ccccc2OC)c1. The molecule has 0 atom stereocenters. The Hall–Kier alpha value is -3.02. The van der Waals surface area contributed by atoms with Crippen LogP contribution in [0.1, 0.15) is 15.9 Å². The van der Waals surface area contributed by atoms with Crippen molar-refractivity contribution in [1.29, 1.82) is 0 Å². The molecule has 0 aliphatic rings. The molecule has 6 nitrogen and oxygen atoms in total. The lowest BCUT2D eigenvalue weighted by atomic mass is 10.2. The van der Waals surface area contributed by atoms with E-state index in [-0.39, 0.29) is 12.5 Å². The van der Waals surface area contributed by atoms with Crippen molar-refractivity contribution in [2.24, 2.45) is 0 Å². The summed E-state index contributed by atoms with van der Waals surface area (Å²) in [5.41, 5.74) is 1.21. The number of amides is 1. The molecule has 0 saturated carbocycles. The molecule has 132 valence electrons. The normalized spacial score (nSPS) is 10.0. The van der Waals surface area contributed by atoms with Crippen LogP contribution in [-0.4, -0.2) is 44.7 Å². The minimum Gasteiger partial charge on any atom is -0.497 e. The van der Waals surface area contributed by atoms with Crippen molar-refractivity contribution < 1.29 is 23.8 Å². The Morgan fingerprint density at radius 2 is 1.76 bits per heavy atom. The third-order valence-corrected chi connectivity index (χ3v) is 3.66. The number of benzene rings is 2. The number of hydrogen-bond acceptors (Lipinski definition) is 5. The van der Waals surface area contributed by atoms with E-state index < -0.39 is 5.97 Å². The van der Waals surface area contributed by atoms with Crippen LogP contribution in [0.25, 0.3) is 0 Å². The molecule has 25 heavy (non-hydrogen) atoms. The van der Waals surface area contributed by atoms with Gasteiger partial charge in [0.05, 0.1) is 19.8 Å². The van der Waals surface area contributed by atoms with Gasteiger partial charge in [-0.2, -0.15) is 0 Å². The number of para-hydroxylation sites is 1. The Morgan fingerprint density at radius 1 is 1.00 bits per heavy atom. The summed E-state index contributed by atoms with van der Waals surface area (Å²) in [5.74, 6) is 0.379. The maximum Gasteiger partial charge on any atom is 0.338 e. The Bertz CT molecular complexity index is 744. The highest BCUT2D eigenvalue weighted by atomic mass is 16.5. The lowest BCUT2D eigenvalue weighted by molar-refractivity contribution is -0.133. The molecular formula is C19H21NO5. The van der Waals surface area contributed by atoms with E-state index in [0.717, 1.165) is 5.56 Å². The largest absolute Gasteiger partial charge is 0.497 e. The topological polar surface area (TPSA) is 65.1 Å². The average Bonchev–Trinajstić information content (AvgIpc) is 2.66. The van der Waals surface area contributed by atoms with Gasteiger partial charge in [-0.3, -0.25) is 4.79 Å². The predicted molar refractivity (Wildman–Crippen MR) is 92.7 cm³/mol. The highest BCUT2D eigenvalue weighted by Gasteiger charge is 2.15. The fourth-order valence-electron chi connectivity index (χ4n) is 2.25. The number of esters is 1. The molecule has 6 heteroatoms. The first kappa shape index (κ1) is 18.3. The minimum atomic E-state index is -0.571. The van der Waals surface area contributed by atoms with E-state index in [1.54, 1.807) is 38.4 Å². The van der Waals surface area contributed by atoms with Gasteiger partial charge < -0.3 is 19.1 Å². The minimum absolute atomic E-state index is 0.304. The van der Waals surface area contributed by atoms with Crippen molar-refractivity contribution in [3.63, 3.8) is 0 Å².